The fourth-order valence-corrected chi connectivity index (χ4v) is 1.92. The van der Waals surface area contributed by atoms with Crippen LogP contribution in [0.25, 0.3) is 0 Å². The number of hydrogen-bond donors (Lipinski definition) is 0. The average Bonchev–Trinajstić information content (AvgIpc) is 2.42. The summed E-state index contributed by atoms with van der Waals surface area (Å²) in [5.74, 6) is 0. The van der Waals surface area contributed by atoms with Crippen molar-refractivity contribution >= 4 is 0 Å². The Hall–Kier alpha value is -0.120. The van der Waals surface area contributed by atoms with E-state index in [9.17, 15) is 0 Å². The van der Waals surface area contributed by atoms with Crippen molar-refractivity contribution in [1.82, 2.24) is 0 Å². The molecule has 0 N–H and O–H groups in total. The van der Waals surface area contributed by atoms with Gasteiger partial charge in [0.05, 0.1) is 12.2 Å². The van der Waals surface area contributed by atoms with Gasteiger partial charge in [-0.2, -0.15) is 0 Å². The molecule has 2 saturated heterocycles. The summed E-state index contributed by atoms with van der Waals surface area (Å²) in [5.41, 5.74) is 0. The van der Waals surface area contributed by atoms with E-state index in [2.05, 4.69) is 0 Å². The van der Waals surface area contributed by atoms with E-state index in [-0.39, 0.29) is 0 Å². The molecule has 0 aromatic carbocycles. The van der Waals surface area contributed by atoms with Crippen LogP contribution in [0.1, 0.15) is 66.2 Å². The Balaban J connectivity index is 0.000000256. The fraction of sp³-hybridized carbons (Fsp3) is 1.00. The quantitative estimate of drug-likeness (QED) is 0.755. The van der Waals surface area contributed by atoms with E-state index in [0.717, 1.165) is 26.4 Å². The van der Waals surface area contributed by atoms with Crippen molar-refractivity contribution in [3.8, 4) is 0 Å². The Morgan fingerprint density at radius 3 is 0.947 bits per heavy atom. The van der Waals surface area contributed by atoms with E-state index in [1.165, 1.54) is 38.5 Å². The molecular formula is C16H34O3. The maximum atomic E-state index is 5.25. The summed E-state index contributed by atoms with van der Waals surface area (Å²) in [6.07, 6.45) is 8.61. The Morgan fingerprint density at radius 2 is 0.895 bits per heavy atom. The largest absolute Gasteiger partial charge is 0.381 e. The van der Waals surface area contributed by atoms with Crippen LogP contribution in [0, 0.1) is 0 Å². The van der Waals surface area contributed by atoms with Gasteiger partial charge in [0.2, 0.25) is 0 Å². The lowest BCUT2D eigenvalue weighted by molar-refractivity contribution is 0.0300. The van der Waals surface area contributed by atoms with Crippen LogP contribution < -0.4 is 0 Å². The normalized spacial score (nSPS) is 19.3. The SMILES string of the molecule is C1CCOCC1.C1CCOCC1.CC(C)OC(C)C. The highest BCUT2D eigenvalue weighted by Crippen LogP contribution is 2.02. The van der Waals surface area contributed by atoms with Crippen LogP contribution in [0.4, 0.5) is 0 Å². The molecule has 0 radical (unpaired) electrons. The maximum Gasteiger partial charge on any atom is 0.0522 e. The smallest absolute Gasteiger partial charge is 0.0522 e. The van der Waals surface area contributed by atoms with Crippen LogP contribution in [-0.4, -0.2) is 38.6 Å². The van der Waals surface area contributed by atoms with Gasteiger partial charge in [0.1, 0.15) is 0 Å². The molecule has 0 aromatic heterocycles. The second kappa shape index (κ2) is 14.3. The molecule has 0 unspecified atom stereocenters. The van der Waals surface area contributed by atoms with Crippen molar-refractivity contribution in [2.24, 2.45) is 0 Å². The minimum atomic E-state index is 0.375. The first kappa shape index (κ1) is 18.9. The number of ether oxygens (including phenoxy) is 3. The van der Waals surface area contributed by atoms with Crippen molar-refractivity contribution in [3.63, 3.8) is 0 Å². The Morgan fingerprint density at radius 1 is 0.579 bits per heavy atom. The summed E-state index contributed by atoms with van der Waals surface area (Å²) < 4.78 is 15.4. The van der Waals surface area contributed by atoms with E-state index in [4.69, 9.17) is 14.2 Å². The summed E-state index contributed by atoms with van der Waals surface area (Å²) in [4.78, 5) is 0. The molecule has 2 heterocycles. The highest BCUT2D eigenvalue weighted by Gasteiger charge is 1.95. The van der Waals surface area contributed by atoms with E-state index in [0.29, 0.717) is 12.2 Å². The lowest BCUT2D eigenvalue weighted by Crippen LogP contribution is -2.09. The molecule has 3 nitrogen and oxygen atoms in total. The zero-order valence-electron chi connectivity index (χ0n) is 13.5. The van der Waals surface area contributed by atoms with Crippen LogP contribution in [0.3, 0.4) is 0 Å². The molecule has 0 aliphatic carbocycles. The van der Waals surface area contributed by atoms with Crippen LogP contribution in [0.2, 0.25) is 0 Å². The summed E-state index contributed by atoms with van der Waals surface area (Å²) >= 11 is 0. The van der Waals surface area contributed by atoms with Crippen LogP contribution in [0.5, 0.6) is 0 Å². The van der Waals surface area contributed by atoms with Gasteiger partial charge >= 0.3 is 0 Å². The third-order valence-corrected chi connectivity index (χ3v) is 2.70. The molecule has 0 aromatic rings. The first-order chi connectivity index (χ1) is 9.13. The standard InChI is InChI=1S/C6H14O.2C5H10O/c1-5(2)7-6(3)4;2*1-2-4-6-5-3-1/h5-6H,1-4H3;2*1-5H2. The van der Waals surface area contributed by atoms with Gasteiger partial charge in [0, 0.05) is 26.4 Å². The summed E-state index contributed by atoms with van der Waals surface area (Å²) in [6.45, 7) is 12.2. The van der Waals surface area contributed by atoms with Gasteiger partial charge in [-0.15, -0.1) is 0 Å². The lowest BCUT2D eigenvalue weighted by Gasteiger charge is -2.09. The zero-order chi connectivity index (χ0) is 14.3. The van der Waals surface area contributed by atoms with Gasteiger partial charge < -0.3 is 14.2 Å². The molecule has 0 amide bonds. The molecule has 0 saturated carbocycles. The second-order valence-electron chi connectivity index (χ2n) is 5.58. The Labute approximate surface area is 120 Å². The first-order valence-electron chi connectivity index (χ1n) is 7.94. The van der Waals surface area contributed by atoms with E-state index in [1.54, 1.807) is 0 Å². The van der Waals surface area contributed by atoms with Gasteiger partial charge in [-0.05, 0) is 66.2 Å². The second-order valence-corrected chi connectivity index (χ2v) is 5.58. The van der Waals surface area contributed by atoms with Gasteiger partial charge in [-0.25, -0.2) is 0 Å². The molecule has 116 valence electrons. The molecule has 2 rings (SSSR count). The summed E-state index contributed by atoms with van der Waals surface area (Å²) in [5, 5.41) is 0. The van der Waals surface area contributed by atoms with Crippen molar-refractivity contribution in [3.05, 3.63) is 0 Å². The average molecular weight is 274 g/mol. The molecule has 2 aliphatic rings. The topological polar surface area (TPSA) is 27.7 Å². The molecule has 2 aliphatic heterocycles. The van der Waals surface area contributed by atoms with Crippen LogP contribution in [-0.2, 0) is 14.2 Å². The zero-order valence-corrected chi connectivity index (χ0v) is 13.5. The molecule has 0 atom stereocenters. The predicted octanol–water partition coefficient (Wildman–Crippen LogP) is 4.19. The van der Waals surface area contributed by atoms with Crippen molar-refractivity contribution in [2.75, 3.05) is 26.4 Å². The summed E-state index contributed by atoms with van der Waals surface area (Å²) in [6, 6.07) is 0. The third kappa shape index (κ3) is 17.9. The minimum absolute atomic E-state index is 0.375. The molecular weight excluding hydrogens is 240 g/mol. The summed E-state index contributed by atoms with van der Waals surface area (Å²) in [7, 11) is 0. The predicted molar refractivity (Wildman–Crippen MR) is 80.7 cm³/mol. The Bertz CT molecular complexity index is 120. The molecule has 2 fully saturated rings. The highest BCUT2D eigenvalue weighted by atomic mass is 16.5. The maximum absolute atomic E-state index is 5.25. The van der Waals surface area contributed by atoms with Crippen LogP contribution in [0.15, 0.2) is 0 Å². The van der Waals surface area contributed by atoms with Gasteiger partial charge in [-0.1, -0.05) is 0 Å². The first-order valence-corrected chi connectivity index (χ1v) is 7.94. The van der Waals surface area contributed by atoms with Crippen molar-refractivity contribution < 1.29 is 14.2 Å². The van der Waals surface area contributed by atoms with Gasteiger partial charge in [-0.3, -0.25) is 0 Å². The monoisotopic (exact) mass is 274 g/mol. The van der Waals surface area contributed by atoms with Gasteiger partial charge in [0.25, 0.3) is 0 Å². The molecule has 3 heteroatoms. The fourth-order valence-electron chi connectivity index (χ4n) is 1.92. The van der Waals surface area contributed by atoms with Crippen molar-refractivity contribution in [2.45, 2.75) is 78.4 Å². The minimum Gasteiger partial charge on any atom is -0.381 e. The third-order valence-electron chi connectivity index (χ3n) is 2.70. The molecule has 19 heavy (non-hydrogen) atoms. The highest BCUT2D eigenvalue weighted by molar-refractivity contribution is 4.45. The van der Waals surface area contributed by atoms with E-state index >= 15 is 0 Å². The Kier molecular flexibility index (Phi) is 14.2. The molecule has 0 bridgehead atoms. The number of rotatable bonds is 2. The van der Waals surface area contributed by atoms with Crippen molar-refractivity contribution in [1.29, 1.82) is 0 Å². The lowest BCUT2D eigenvalue weighted by atomic mass is 10.2. The van der Waals surface area contributed by atoms with Crippen LogP contribution >= 0.6 is 0 Å². The van der Waals surface area contributed by atoms with E-state index in [1.807, 2.05) is 27.7 Å². The number of hydrogen-bond acceptors (Lipinski definition) is 3. The van der Waals surface area contributed by atoms with E-state index < -0.39 is 0 Å². The molecule has 0 spiro atoms. The van der Waals surface area contributed by atoms with Gasteiger partial charge in [0.15, 0.2) is 0 Å².